The van der Waals surface area contributed by atoms with Crippen LogP contribution in [0.5, 0.6) is 0 Å². The summed E-state index contributed by atoms with van der Waals surface area (Å²) in [5.74, 6) is -0.630. The van der Waals surface area contributed by atoms with Gasteiger partial charge in [-0.15, -0.1) is 6.58 Å². The normalized spacial score (nSPS) is 25.0. The Kier molecular flexibility index (Phi) is 5.20. The average molecular weight is 300 g/mol. The number of hydrogen-bond acceptors (Lipinski definition) is 4. The molecule has 1 N–H and O–H groups in total. The quantitative estimate of drug-likeness (QED) is 0.288. The monoisotopic (exact) mass is 300 g/mol. The number of carbonyl (C=O) groups excluding carboxylic acids is 1. The van der Waals surface area contributed by atoms with Gasteiger partial charge >= 0.3 is 5.97 Å². The fourth-order valence-electron chi connectivity index (χ4n) is 2.76. The number of nitrogens with zero attached hydrogens (tertiary/aromatic N) is 3. The number of allylic oxidation sites excluding steroid dienone is 1. The summed E-state index contributed by atoms with van der Waals surface area (Å²) in [6, 6.07) is 9.47. The van der Waals surface area contributed by atoms with Crippen molar-refractivity contribution in [2.24, 2.45) is 11.0 Å². The van der Waals surface area contributed by atoms with Crippen LogP contribution in [0.3, 0.4) is 0 Å². The van der Waals surface area contributed by atoms with E-state index in [0.717, 1.165) is 5.56 Å². The first-order valence-corrected chi connectivity index (χ1v) is 7.28. The van der Waals surface area contributed by atoms with E-state index in [1.165, 1.54) is 0 Å². The van der Waals surface area contributed by atoms with Crippen LogP contribution in [0.25, 0.3) is 10.4 Å². The van der Waals surface area contributed by atoms with Crippen molar-refractivity contribution in [3.8, 4) is 0 Å². The molecule has 116 valence electrons. The minimum Gasteiger partial charge on any atom is -0.457 e. The Labute approximate surface area is 129 Å². The van der Waals surface area contributed by atoms with E-state index < -0.39 is 17.6 Å². The van der Waals surface area contributed by atoms with Crippen molar-refractivity contribution < 1.29 is 9.53 Å². The van der Waals surface area contributed by atoms with Gasteiger partial charge in [0.2, 0.25) is 0 Å². The van der Waals surface area contributed by atoms with Gasteiger partial charge in [-0.1, -0.05) is 41.5 Å². The number of benzene rings is 1. The third-order valence-corrected chi connectivity index (χ3v) is 4.04. The molecule has 0 aromatic heterocycles. The molecule has 2 rings (SSSR count). The summed E-state index contributed by atoms with van der Waals surface area (Å²) in [7, 11) is 0. The molecule has 1 aromatic rings. The number of azide groups is 1. The Balaban J connectivity index is 2.20. The summed E-state index contributed by atoms with van der Waals surface area (Å²) in [6.45, 7) is 6.40. The van der Waals surface area contributed by atoms with Crippen LogP contribution in [0.4, 0.5) is 0 Å². The number of hydrogen-bond donors (Lipinski definition) is 1. The van der Waals surface area contributed by atoms with Crippen LogP contribution in [0.15, 0.2) is 48.1 Å². The molecule has 6 nitrogen and oxygen atoms in total. The molecule has 0 saturated carbocycles. The smallest absolute Gasteiger partial charge is 0.320 e. The van der Waals surface area contributed by atoms with Crippen molar-refractivity contribution >= 4 is 5.97 Å². The molecule has 0 bridgehead atoms. The summed E-state index contributed by atoms with van der Waals surface area (Å²) in [5, 5.41) is 6.91. The van der Waals surface area contributed by atoms with Crippen LogP contribution in [-0.2, 0) is 9.53 Å². The second-order valence-electron chi connectivity index (χ2n) is 5.42. The summed E-state index contributed by atoms with van der Waals surface area (Å²) in [6.07, 6.45) is 1.91. The lowest BCUT2D eigenvalue weighted by Gasteiger charge is -2.28. The largest absolute Gasteiger partial charge is 0.457 e. The Morgan fingerprint density at radius 2 is 2.36 bits per heavy atom. The first kappa shape index (κ1) is 16.1. The summed E-state index contributed by atoms with van der Waals surface area (Å²) < 4.78 is 5.57. The molecule has 1 aromatic carbocycles. The van der Waals surface area contributed by atoms with Crippen molar-refractivity contribution in [2.75, 3.05) is 13.1 Å². The van der Waals surface area contributed by atoms with Crippen molar-refractivity contribution in [3.05, 3.63) is 59.0 Å². The van der Waals surface area contributed by atoms with Gasteiger partial charge in [-0.3, -0.25) is 4.79 Å². The molecule has 1 aliphatic heterocycles. The molecule has 22 heavy (non-hydrogen) atoms. The molecule has 1 saturated heterocycles. The minimum absolute atomic E-state index is 0.142. The molecular weight excluding hydrogens is 280 g/mol. The Hall–Kier alpha value is -2.30. The molecule has 0 aliphatic carbocycles. The predicted molar refractivity (Wildman–Crippen MR) is 84.0 cm³/mol. The number of nitrogens with one attached hydrogen (secondary N) is 1. The zero-order valence-electron chi connectivity index (χ0n) is 12.6. The molecule has 0 radical (unpaired) electrons. The number of ether oxygens (including phenoxy) is 1. The number of carbonyl (C=O) groups is 1. The fourth-order valence-corrected chi connectivity index (χ4v) is 2.76. The molecule has 0 unspecified atom stereocenters. The average Bonchev–Trinajstić information content (AvgIpc) is 2.93. The maximum atomic E-state index is 12.7. The lowest BCUT2D eigenvalue weighted by atomic mass is 9.85. The van der Waals surface area contributed by atoms with E-state index in [0.29, 0.717) is 13.0 Å². The first-order chi connectivity index (χ1) is 10.6. The Morgan fingerprint density at radius 1 is 1.64 bits per heavy atom. The molecule has 3 atom stereocenters. The van der Waals surface area contributed by atoms with Gasteiger partial charge in [0.25, 0.3) is 0 Å². The van der Waals surface area contributed by atoms with E-state index in [2.05, 4.69) is 21.9 Å². The summed E-state index contributed by atoms with van der Waals surface area (Å²) >= 11 is 0. The molecule has 1 fully saturated rings. The molecule has 0 amide bonds. The van der Waals surface area contributed by atoms with Gasteiger partial charge in [0.15, 0.2) is 5.54 Å². The lowest BCUT2D eigenvalue weighted by Crippen LogP contribution is -2.45. The van der Waals surface area contributed by atoms with Crippen molar-refractivity contribution in [3.63, 3.8) is 0 Å². The van der Waals surface area contributed by atoms with Crippen LogP contribution in [-0.4, -0.2) is 24.6 Å². The van der Waals surface area contributed by atoms with E-state index in [9.17, 15) is 4.79 Å². The maximum absolute atomic E-state index is 12.7. The molecule has 1 aliphatic rings. The Morgan fingerprint density at radius 3 is 3.00 bits per heavy atom. The van der Waals surface area contributed by atoms with Gasteiger partial charge in [-0.2, -0.15) is 0 Å². The zero-order valence-corrected chi connectivity index (χ0v) is 12.6. The van der Waals surface area contributed by atoms with Crippen LogP contribution < -0.4 is 5.32 Å². The fraction of sp³-hybridized carbons (Fsp3) is 0.438. The van der Waals surface area contributed by atoms with Crippen molar-refractivity contribution in [2.45, 2.75) is 25.0 Å². The van der Waals surface area contributed by atoms with Gasteiger partial charge in [-0.25, -0.2) is 0 Å². The second kappa shape index (κ2) is 7.11. The summed E-state index contributed by atoms with van der Waals surface area (Å²) in [4.78, 5) is 15.5. The zero-order chi connectivity index (χ0) is 16.0. The standard InChI is InChI=1S/C16H20N4O2/c1-3-7-14-10-18-11-16(14,19-20-17)15(21)22-12(2)13-8-5-4-6-9-13/h3-6,8-9,12,14,18H,1,7,10-11H2,2H3/t12-,14+,16+/m1/s1. The van der Waals surface area contributed by atoms with Crippen LogP contribution in [0, 0.1) is 5.92 Å². The molecular formula is C16H20N4O2. The molecule has 1 heterocycles. The molecule has 6 heteroatoms. The van der Waals surface area contributed by atoms with E-state index in [1.807, 2.05) is 37.3 Å². The highest BCUT2D eigenvalue weighted by Gasteiger charge is 2.50. The van der Waals surface area contributed by atoms with E-state index >= 15 is 0 Å². The number of esters is 1. The van der Waals surface area contributed by atoms with Crippen LogP contribution in [0.2, 0.25) is 0 Å². The van der Waals surface area contributed by atoms with Crippen molar-refractivity contribution in [1.29, 1.82) is 0 Å². The highest BCUT2D eigenvalue weighted by atomic mass is 16.5. The first-order valence-electron chi connectivity index (χ1n) is 7.28. The topological polar surface area (TPSA) is 87.1 Å². The summed E-state index contributed by atoms with van der Waals surface area (Å²) in [5.41, 5.74) is 8.57. The highest BCUT2D eigenvalue weighted by molar-refractivity contribution is 5.83. The van der Waals surface area contributed by atoms with Crippen LogP contribution in [0.1, 0.15) is 25.0 Å². The Bertz CT molecular complexity index is 583. The van der Waals surface area contributed by atoms with E-state index in [1.54, 1.807) is 6.08 Å². The highest BCUT2D eigenvalue weighted by Crippen LogP contribution is 2.33. The lowest BCUT2D eigenvalue weighted by molar-refractivity contribution is -0.156. The minimum atomic E-state index is -1.20. The van der Waals surface area contributed by atoms with Crippen LogP contribution >= 0.6 is 0 Å². The third kappa shape index (κ3) is 3.13. The van der Waals surface area contributed by atoms with Gasteiger partial charge in [0.1, 0.15) is 6.10 Å². The molecule has 0 spiro atoms. The van der Waals surface area contributed by atoms with Crippen molar-refractivity contribution in [1.82, 2.24) is 5.32 Å². The van der Waals surface area contributed by atoms with Gasteiger partial charge in [0.05, 0.1) is 0 Å². The van der Waals surface area contributed by atoms with Gasteiger partial charge in [0, 0.05) is 11.5 Å². The SMILES string of the molecule is C=CC[C@H]1CNC[C@@]1(N=[N+]=[N-])C(=O)O[C@H](C)c1ccccc1. The number of rotatable bonds is 6. The van der Waals surface area contributed by atoms with E-state index in [-0.39, 0.29) is 12.5 Å². The second-order valence-corrected chi connectivity index (χ2v) is 5.42. The van der Waals surface area contributed by atoms with E-state index in [4.69, 9.17) is 10.3 Å². The van der Waals surface area contributed by atoms with Gasteiger partial charge < -0.3 is 10.1 Å². The van der Waals surface area contributed by atoms with Gasteiger partial charge in [-0.05, 0) is 36.9 Å². The maximum Gasteiger partial charge on any atom is 0.320 e. The third-order valence-electron chi connectivity index (χ3n) is 4.04. The predicted octanol–water partition coefficient (Wildman–Crippen LogP) is 3.14.